The van der Waals surface area contributed by atoms with E-state index in [0.717, 1.165) is 6.42 Å². The van der Waals surface area contributed by atoms with E-state index in [0.29, 0.717) is 18.1 Å². The van der Waals surface area contributed by atoms with Crippen LogP contribution in [-0.4, -0.2) is 56.1 Å². The molecule has 4 nitrogen and oxygen atoms in total. The Balaban J connectivity index is 0.000000242. The van der Waals surface area contributed by atoms with E-state index in [1.807, 2.05) is 0 Å². The quantitative estimate of drug-likeness (QED) is 0.160. The zero-order valence-electron chi connectivity index (χ0n) is 34.7. The summed E-state index contributed by atoms with van der Waals surface area (Å²) in [6.45, 7) is 0. The first kappa shape index (κ1) is 47.6. The summed E-state index contributed by atoms with van der Waals surface area (Å²) < 4.78 is 0. The Bertz CT molecular complexity index is 1980. The topological polar surface area (TPSA) is 30.5 Å². The van der Waals surface area contributed by atoms with Crippen LogP contribution in [0.2, 0.25) is 0 Å². The van der Waals surface area contributed by atoms with Crippen molar-refractivity contribution < 1.29 is 0 Å². The van der Waals surface area contributed by atoms with E-state index < -0.39 is 0 Å². The molecule has 0 heterocycles. The zero-order chi connectivity index (χ0) is 37.1. The van der Waals surface area contributed by atoms with Gasteiger partial charge in [-0.05, 0) is 143 Å². The summed E-state index contributed by atoms with van der Waals surface area (Å²) >= 11 is 0. The van der Waals surface area contributed by atoms with Crippen molar-refractivity contribution in [1.29, 1.82) is 0 Å². The van der Waals surface area contributed by atoms with Crippen molar-refractivity contribution in [3.63, 3.8) is 0 Å². The lowest BCUT2D eigenvalue weighted by Gasteiger charge is -2.46. The van der Waals surface area contributed by atoms with Gasteiger partial charge in [-0.15, -0.1) is 49.6 Å². The molecule has 58 heavy (non-hydrogen) atoms. The molecule has 0 saturated heterocycles. The Kier molecular flexibility index (Phi) is 17.2. The summed E-state index contributed by atoms with van der Waals surface area (Å²) in [5.74, 6) is 0. The molecular weight excluding hydrogens is 798 g/mol. The summed E-state index contributed by atoms with van der Waals surface area (Å²) in [5, 5.41) is 7.90. The van der Waals surface area contributed by atoms with Crippen molar-refractivity contribution >= 4 is 55.3 Å². The second-order valence-electron chi connectivity index (χ2n) is 17.0. The molecule has 0 aromatic heterocycles. The van der Waals surface area contributed by atoms with Gasteiger partial charge < -0.3 is 10.6 Å². The Morgan fingerprint density at radius 3 is 1.38 bits per heavy atom. The molecule has 0 unspecified atom stereocenters. The molecule has 312 valence electrons. The Morgan fingerprint density at radius 2 is 0.879 bits per heavy atom. The highest BCUT2D eigenvalue weighted by Gasteiger charge is 2.40. The number of hydrogen-bond acceptors (Lipinski definition) is 4. The van der Waals surface area contributed by atoms with Crippen molar-refractivity contribution in [2.24, 2.45) is 0 Å². The van der Waals surface area contributed by atoms with Crippen LogP contribution in [0.4, 0.5) is 5.69 Å². The number of rotatable bonds is 8. The van der Waals surface area contributed by atoms with Gasteiger partial charge in [-0.2, -0.15) is 0 Å². The van der Waals surface area contributed by atoms with Crippen LogP contribution in [0, 0.1) is 0 Å². The van der Waals surface area contributed by atoms with E-state index in [-0.39, 0.29) is 60.7 Å². The van der Waals surface area contributed by atoms with Gasteiger partial charge in [0.1, 0.15) is 0 Å². The van der Waals surface area contributed by atoms with Gasteiger partial charge in [0.25, 0.3) is 0 Å². The van der Waals surface area contributed by atoms with Gasteiger partial charge in [0.05, 0.1) is 0 Å². The maximum absolute atomic E-state index is 3.97. The fourth-order valence-corrected chi connectivity index (χ4v) is 10.5. The summed E-state index contributed by atoms with van der Waals surface area (Å²) in [7, 11) is 8.97. The van der Waals surface area contributed by atoms with Gasteiger partial charge in [-0.1, -0.05) is 121 Å². The standard InChI is InChI=1S/C27H30N2.C23H30N2.4ClH/c1-29(2)27(21-10-4-3-5-11-21)17-15-22(16-18-27)28-26-14-8-13-24-23-12-7-6-9-20(23)19-25(24)26;1-25(2)23(20-10-4-3-5-11-20)14-12-21(13-15-23)24-22-16-18-8-6-7-9-19(18)17-22;;;;/h3-14,22,28H,15-19H2,1-2H3;3-11,21-22,24H,12-17H2,1-2H3;4*1H. The SMILES string of the molecule is CN(C)C1(c2ccccc2)CCC(NC2Cc3ccccc3C2)CC1.CN(C)C1(c2ccccc2)CCC(Nc2cccc3c2Cc2ccccc2-3)CC1.Cl.Cl.Cl.Cl. The van der Waals surface area contributed by atoms with Crippen molar-refractivity contribution in [3.05, 3.63) is 161 Å². The van der Waals surface area contributed by atoms with Gasteiger partial charge >= 0.3 is 0 Å². The number of anilines is 1. The number of hydrogen-bond donors (Lipinski definition) is 2. The van der Waals surface area contributed by atoms with Crippen LogP contribution in [-0.2, 0) is 30.3 Å². The van der Waals surface area contributed by atoms with Crippen molar-refractivity contribution in [1.82, 2.24) is 15.1 Å². The van der Waals surface area contributed by atoms with Gasteiger partial charge in [-0.25, -0.2) is 0 Å². The van der Waals surface area contributed by atoms with Crippen molar-refractivity contribution in [3.8, 4) is 11.1 Å². The molecule has 2 N–H and O–H groups in total. The first-order chi connectivity index (χ1) is 26.3. The third kappa shape index (κ3) is 9.76. The molecule has 4 aliphatic rings. The van der Waals surface area contributed by atoms with Gasteiger partial charge in [-0.3, -0.25) is 9.80 Å². The average Bonchev–Trinajstić information content (AvgIpc) is 3.81. The Labute approximate surface area is 373 Å². The second kappa shape index (κ2) is 21.0. The first-order valence-corrected chi connectivity index (χ1v) is 20.6. The minimum atomic E-state index is 0. The lowest BCUT2D eigenvalue weighted by Crippen LogP contribution is -2.49. The van der Waals surface area contributed by atoms with E-state index in [1.165, 1.54) is 103 Å². The molecule has 0 amide bonds. The van der Waals surface area contributed by atoms with Crippen LogP contribution in [0.1, 0.15) is 84.7 Å². The Hall–Kier alpha value is -3.06. The molecule has 0 bridgehead atoms. The van der Waals surface area contributed by atoms with Crippen LogP contribution < -0.4 is 10.6 Å². The first-order valence-electron chi connectivity index (χ1n) is 20.6. The van der Waals surface area contributed by atoms with Crippen LogP contribution in [0.3, 0.4) is 0 Å². The predicted molar refractivity (Wildman–Crippen MR) is 256 cm³/mol. The lowest BCUT2D eigenvalue weighted by atomic mass is 9.74. The largest absolute Gasteiger partial charge is 0.382 e. The van der Waals surface area contributed by atoms with Crippen LogP contribution >= 0.6 is 49.6 Å². The second-order valence-corrected chi connectivity index (χ2v) is 17.0. The van der Waals surface area contributed by atoms with Gasteiger partial charge in [0.2, 0.25) is 0 Å². The predicted octanol–water partition coefficient (Wildman–Crippen LogP) is 11.9. The number of benzene rings is 5. The highest BCUT2D eigenvalue weighted by atomic mass is 35.5. The van der Waals surface area contributed by atoms with E-state index in [4.69, 9.17) is 0 Å². The normalized spacial score (nSPS) is 23.0. The highest BCUT2D eigenvalue weighted by molar-refractivity contribution is 5.86. The highest BCUT2D eigenvalue weighted by Crippen LogP contribution is 2.45. The number of nitrogens with zero attached hydrogens (tertiary/aromatic N) is 2. The van der Waals surface area contributed by atoms with E-state index >= 15 is 0 Å². The lowest BCUT2D eigenvalue weighted by molar-refractivity contribution is 0.0835. The molecule has 4 aliphatic carbocycles. The minimum absolute atomic E-state index is 0. The van der Waals surface area contributed by atoms with Crippen molar-refractivity contribution in [2.45, 2.75) is 99.8 Å². The van der Waals surface area contributed by atoms with Gasteiger partial charge in [0, 0.05) is 41.3 Å². The fraction of sp³-hybridized carbons (Fsp3) is 0.400. The van der Waals surface area contributed by atoms with Crippen molar-refractivity contribution in [2.75, 3.05) is 33.5 Å². The molecule has 9 rings (SSSR count). The molecule has 2 fully saturated rings. The maximum Gasteiger partial charge on any atom is 0.0456 e. The van der Waals surface area contributed by atoms with E-state index in [2.05, 4.69) is 176 Å². The number of halogens is 4. The minimum Gasteiger partial charge on any atom is -0.382 e. The van der Waals surface area contributed by atoms with E-state index in [9.17, 15) is 0 Å². The summed E-state index contributed by atoms with van der Waals surface area (Å²) in [6.07, 6.45) is 13.2. The third-order valence-electron chi connectivity index (χ3n) is 13.7. The van der Waals surface area contributed by atoms with Crippen LogP contribution in [0.5, 0.6) is 0 Å². The molecule has 0 spiro atoms. The average molecular weight is 863 g/mol. The Morgan fingerprint density at radius 1 is 0.448 bits per heavy atom. The fourth-order valence-electron chi connectivity index (χ4n) is 10.5. The molecule has 0 radical (unpaired) electrons. The van der Waals surface area contributed by atoms with E-state index in [1.54, 1.807) is 11.1 Å². The van der Waals surface area contributed by atoms with Crippen LogP contribution in [0.15, 0.2) is 127 Å². The number of nitrogens with one attached hydrogen (secondary N) is 2. The number of fused-ring (bicyclic) bond motifs is 4. The molecule has 5 aromatic carbocycles. The summed E-state index contributed by atoms with van der Waals surface area (Å²) in [6, 6.07) is 48.5. The molecule has 0 aliphatic heterocycles. The third-order valence-corrected chi connectivity index (χ3v) is 13.7. The van der Waals surface area contributed by atoms with Gasteiger partial charge in [0.15, 0.2) is 0 Å². The summed E-state index contributed by atoms with van der Waals surface area (Å²) in [5.41, 5.74) is 13.5. The molecular formula is C50H64Cl4N4. The molecule has 8 heteroatoms. The maximum atomic E-state index is 3.97. The molecule has 5 aromatic rings. The smallest absolute Gasteiger partial charge is 0.0456 e. The van der Waals surface area contributed by atoms with Crippen LogP contribution in [0.25, 0.3) is 11.1 Å². The zero-order valence-corrected chi connectivity index (χ0v) is 37.9. The molecule has 0 atom stereocenters. The monoisotopic (exact) mass is 860 g/mol. The molecule has 2 saturated carbocycles. The summed E-state index contributed by atoms with van der Waals surface area (Å²) in [4.78, 5) is 4.89.